The number of anilines is 1. The molecule has 4 aromatic rings. The van der Waals surface area contributed by atoms with Crippen molar-refractivity contribution in [3.63, 3.8) is 0 Å². The molecule has 0 bridgehead atoms. The van der Waals surface area contributed by atoms with E-state index in [1.807, 2.05) is 117 Å². The highest BCUT2D eigenvalue weighted by Gasteiger charge is 2.34. The topological polar surface area (TPSA) is 41.9 Å². The summed E-state index contributed by atoms with van der Waals surface area (Å²) in [6.07, 6.45) is 1.89. The van der Waals surface area contributed by atoms with E-state index >= 15 is 0 Å². The fraction of sp³-hybridized carbons (Fsp3) is 0.0968. The molecule has 1 heterocycles. The van der Waals surface area contributed by atoms with Crippen LogP contribution >= 0.6 is 23.4 Å². The van der Waals surface area contributed by atoms with Crippen LogP contribution in [0.5, 0.6) is 5.75 Å². The van der Waals surface area contributed by atoms with Crippen molar-refractivity contribution in [3.05, 3.63) is 129 Å². The van der Waals surface area contributed by atoms with Crippen LogP contribution in [0.1, 0.15) is 22.3 Å². The molecule has 1 saturated heterocycles. The second kappa shape index (κ2) is 11.1. The van der Waals surface area contributed by atoms with Gasteiger partial charge in [0.2, 0.25) is 0 Å². The zero-order valence-corrected chi connectivity index (χ0v) is 22.1. The fourth-order valence-corrected chi connectivity index (χ4v) is 5.05. The largest absolute Gasteiger partial charge is 0.489 e. The Kier molecular flexibility index (Phi) is 7.45. The lowest BCUT2D eigenvalue weighted by Crippen LogP contribution is -2.28. The number of carbonyl (C=O) groups is 1. The molecule has 184 valence electrons. The summed E-state index contributed by atoms with van der Waals surface area (Å²) in [4.78, 5) is 20.7. The Morgan fingerprint density at radius 3 is 2.32 bits per heavy atom. The predicted octanol–water partition coefficient (Wildman–Crippen LogP) is 8.34. The molecule has 0 saturated carbocycles. The van der Waals surface area contributed by atoms with E-state index < -0.39 is 0 Å². The summed E-state index contributed by atoms with van der Waals surface area (Å²) < 4.78 is 5.98. The highest BCUT2D eigenvalue weighted by molar-refractivity contribution is 8.19. The number of amides is 1. The highest BCUT2D eigenvalue weighted by Crippen LogP contribution is 2.37. The van der Waals surface area contributed by atoms with E-state index in [2.05, 4.69) is 0 Å². The van der Waals surface area contributed by atoms with Gasteiger partial charge in [0.1, 0.15) is 12.4 Å². The van der Waals surface area contributed by atoms with Gasteiger partial charge in [0, 0.05) is 5.02 Å². The van der Waals surface area contributed by atoms with Gasteiger partial charge in [-0.2, -0.15) is 0 Å². The van der Waals surface area contributed by atoms with Gasteiger partial charge in [0.15, 0.2) is 5.17 Å². The first-order valence-electron chi connectivity index (χ1n) is 11.9. The van der Waals surface area contributed by atoms with E-state index in [1.165, 1.54) is 11.8 Å². The van der Waals surface area contributed by atoms with Crippen molar-refractivity contribution in [1.82, 2.24) is 0 Å². The summed E-state index contributed by atoms with van der Waals surface area (Å²) in [6, 6.07) is 31.2. The zero-order chi connectivity index (χ0) is 25.8. The first-order chi connectivity index (χ1) is 17.9. The van der Waals surface area contributed by atoms with E-state index in [4.69, 9.17) is 21.3 Å². The van der Waals surface area contributed by atoms with Gasteiger partial charge in [-0.15, -0.1) is 0 Å². The van der Waals surface area contributed by atoms with Crippen molar-refractivity contribution in [2.75, 3.05) is 4.90 Å². The molecular formula is C31H25ClN2O2S. The van der Waals surface area contributed by atoms with E-state index in [-0.39, 0.29) is 5.91 Å². The molecule has 37 heavy (non-hydrogen) atoms. The second-order valence-corrected chi connectivity index (χ2v) is 10.3. The minimum atomic E-state index is -0.107. The van der Waals surface area contributed by atoms with Crippen LogP contribution in [-0.4, -0.2) is 11.1 Å². The minimum Gasteiger partial charge on any atom is -0.489 e. The quantitative estimate of drug-likeness (QED) is 0.238. The van der Waals surface area contributed by atoms with Gasteiger partial charge < -0.3 is 4.74 Å². The molecule has 0 atom stereocenters. The summed E-state index contributed by atoms with van der Waals surface area (Å²) in [7, 11) is 0. The Bertz CT molecular complexity index is 1490. The lowest BCUT2D eigenvalue weighted by Gasteiger charge is -2.16. The van der Waals surface area contributed by atoms with Crippen LogP contribution in [0.3, 0.4) is 0 Å². The maximum absolute atomic E-state index is 13.6. The summed E-state index contributed by atoms with van der Waals surface area (Å²) in [5.74, 6) is 0.610. The minimum absolute atomic E-state index is 0.107. The van der Waals surface area contributed by atoms with E-state index in [1.54, 1.807) is 4.90 Å². The number of aryl methyl sites for hydroxylation is 2. The van der Waals surface area contributed by atoms with E-state index in [0.717, 1.165) is 33.6 Å². The number of nitrogens with zero attached hydrogens (tertiary/aromatic N) is 2. The average Bonchev–Trinajstić information content (AvgIpc) is 3.19. The standard InChI is InChI=1S/C31H25ClN2O2S/c1-21-9-13-26(14-10-21)33-31-34(27-15-11-22(2)12-16-27)30(35)29(37-31)19-23-5-4-8-28(18-23)36-20-24-6-3-7-25(32)17-24/h3-19H,20H2,1-2H3/b29-19-,33-31?. The third-order valence-corrected chi connectivity index (χ3v) is 7.01. The van der Waals surface area contributed by atoms with Crippen LogP contribution in [0, 0.1) is 13.8 Å². The fourth-order valence-electron chi connectivity index (χ4n) is 3.84. The molecule has 0 aromatic heterocycles. The predicted molar refractivity (Wildman–Crippen MR) is 155 cm³/mol. The maximum atomic E-state index is 13.6. The van der Waals surface area contributed by atoms with Crippen LogP contribution in [0.4, 0.5) is 11.4 Å². The molecule has 5 rings (SSSR count). The number of hydrogen-bond acceptors (Lipinski definition) is 4. The van der Waals surface area contributed by atoms with Crippen LogP contribution < -0.4 is 9.64 Å². The van der Waals surface area contributed by atoms with Crippen LogP contribution in [-0.2, 0) is 11.4 Å². The SMILES string of the molecule is Cc1ccc(N=C2S/C(=C\c3cccc(OCc4cccc(Cl)c4)c3)C(=O)N2c2ccc(C)cc2)cc1. The van der Waals surface area contributed by atoms with Crippen LogP contribution in [0.25, 0.3) is 6.08 Å². The number of benzene rings is 4. The first kappa shape index (κ1) is 24.9. The molecule has 0 aliphatic carbocycles. The normalized spacial score (nSPS) is 15.5. The summed E-state index contributed by atoms with van der Waals surface area (Å²) in [6.45, 7) is 4.47. The van der Waals surface area contributed by atoms with Gasteiger partial charge in [-0.05, 0) is 91.3 Å². The van der Waals surface area contributed by atoms with Crippen LogP contribution in [0.15, 0.2) is 107 Å². The van der Waals surface area contributed by atoms with Gasteiger partial charge in [-0.3, -0.25) is 9.69 Å². The number of carbonyl (C=O) groups excluding carboxylic acids is 1. The number of thioether (sulfide) groups is 1. The molecule has 0 spiro atoms. The van der Waals surface area contributed by atoms with Gasteiger partial charge in [-0.25, -0.2) is 4.99 Å². The van der Waals surface area contributed by atoms with Crippen molar-refractivity contribution in [2.45, 2.75) is 20.5 Å². The van der Waals surface area contributed by atoms with Crippen molar-refractivity contribution < 1.29 is 9.53 Å². The molecule has 1 aliphatic heterocycles. The van der Waals surface area contributed by atoms with Gasteiger partial charge in [0.05, 0.1) is 16.3 Å². The molecular weight excluding hydrogens is 500 g/mol. The number of ether oxygens (including phenoxy) is 1. The third kappa shape index (κ3) is 6.13. The van der Waals surface area contributed by atoms with Crippen molar-refractivity contribution >= 4 is 51.9 Å². The van der Waals surface area contributed by atoms with Crippen molar-refractivity contribution in [3.8, 4) is 5.75 Å². The molecule has 6 heteroatoms. The van der Waals surface area contributed by atoms with E-state index in [0.29, 0.717) is 27.5 Å². The van der Waals surface area contributed by atoms with Gasteiger partial charge in [-0.1, -0.05) is 71.3 Å². The molecule has 0 radical (unpaired) electrons. The molecule has 1 amide bonds. The van der Waals surface area contributed by atoms with Gasteiger partial charge in [0.25, 0.3) is 5.91 Å². The average molecular weight is 525 g/mol. The number of rotatable bonds is 6. The number of aliphatic imine (C=N–C) groups is 1. The lowest BCUT2D eigenvalue weighted by molar-refractivity contribution is -0.113. The molecule has 4 aromatic carbocycles. The zero-order valence-electron chi connectivity index (χ0n) is 20.5. The summed E-state index contributed by atoms with van der Waals surface area (Å²) >= 11 is 7.45. The first-order valence-corrected chi connectivity index (χ1v) is 13.1. The molecule has 0 N–H and O–H groups in total. The molecule has 4 nitrogen and oxygen atoms in total. The Labute approximate surface area is 226 Å². The lowest BCUT2D eigenvalue weighted by atomic mass is 10.2. The second-order valence-electron chi connectivity index (χ2n) is 8.81. The highest BCUT2D eigenvalue weighted by atomic mass is 35.5. The molecule has 0 unspecified atom stereocenters. The third-order valence-electron chi connectivity index (χ3n) is 5.81. The van der Waals surface area contributed by atoms with Gasteiger partial charge >= 0.3 is 0 Å². The van der Waals surface area contributed by atoms with E-state index in [9.17, 15) is 4.79 Å². The van der Waals surface area contributed by atoms with Crippen molar-refractivity contribution in [1.29, 1.82) is 0 Å². The number of amidine groups is 1. The Morgan fingerprint density at radius 2 is 1.59 bits per heavy atom. The van der Waals surface area contributed by atoms with Crippen molar-refractivity contribution in [2.24, 2.45) is 4.99 Å². The van der Waals surface area contributed by atoms with Crippen LogP contribution in [0.2, 0.25) is 5.02 Å². The Morgan fingerprint density at radius 1 is 0.892 bits per heavy atom. The maximum Gasteiger partial charge on any atom is 0.271 e. The Hall–Kier alpha value is -3.80. The number of halogens is 1. The smallest absolute Gasteiger partial charge is 0.271 e. The monoisotopic (exact) mass is 524 g/mol. The molecule has 1 fully saturated rings. The summed E-state index contributed by atoms with van der Waals surface area (Å²) in [5.41, 5.74) is 5.74. The number of hydrogen-bond donors (Lipinski definition) is 0. The summed E-state index contributed by atoms with van der Waals surface area (Å²) in [5, 5.41) is 1.30. The Balaban J connectivity index is 1.43. The molecule has 1 aliphatic rings.